The van der Waals surface area contributed by atoms with Crippen molar-refractivity contribution in [1.82, 2.24) is 10.6 Å². The molecule has 4 N–H and O–H groups in total. The Kier molecular flexibility index (Phi) is 4.94. The lowest BCUT2D eigenvalue weighted by atomic mass is 9.96. The van der Waals surface area contributed by atoms with E-state index in [2.05, 4.69) is 10.6 Å². The number of hydrogen-bond acceptors (Lipinski definition) is 3. The fourth-order valence-electron chi connectivity index (χ4n) is 0.789. The van der Waals surface area contributed by atoms with Crippen LogP contribution >= 0.6 is 0 Å². The Hall–Kier alpha value is -1.59. The van der Waals surface area contributed by atoms with E-state index in [9.17, 15) is 14.4 Å². The quantitative estimate of drug-likeness (QED) is 0.584. The number of rotatable bonds is 4. The van der Waals surface area contributed by atoms with Crippen LogP contribution in [0.1, 0.15) is 27.7 Å². The van der Waals surface area contributed by atoms with Crippen molar-refractivity contribution in [2.24, 2.45) is 11.1 Å². The highest BCUT2D eigenvalue weighted by atomic mass is 16.2. The van der Waals surface area contributed by atoms with Crippen molar-refractivity contribution in [2.45, 2.75) is 33.7 Å². The largest absolute Gasteiger partial charge is 0.368 e. The molecule has 0 bridgehead atoms. The maximum Gasteiger partial charge on any atom is 0.240 e. The maximum absolute atomic E-state index is 11.4. The molecule has 0 aromatic carbocycles. The summed E-state index contributed by atoms with van der Waals surface area (Å²) >= 11 is 0. The minimum Gasteiger partial charge on any atom is -0.368 e. The van der Waals surface area contributed by atoms with Gasteiger partial charge >= 0.3 is 0 Å². The number of nitrogens with two attached hydrogens (primary N) is 1. The smallest absolute Gasteiger partial charge is 0.240 e. The van der Waals surface area contributed by atoms with Crippen molar-refractivity contribution in [3.8, 4) is 0 Å². The third-order valence-electron chi connectivity index (χ3n) is 1.89. The van der Waals surface area contributed by atoms with Crippen molar-refractivity contribution in [1.29, 1.82) is 0 Å². The minimum atomic E-state index is -0.737. The summed E-state index contributed by atoms with van der Waals surface area (Å²) in [6.45, 7) is 6.55. The van der Waals surface area contributed by atoms with Crippen LogP contribution in [-0.2, 0) is 14.4 Å². The summed E-state index contributed by atoms with van der Waals surface area (Å²) in [5, 5.41) is 4.82. The van der Waals surface area contributed by atoms with E-state index in [1.807, 2.05) is 0 Å². The van der Waals surface area contributed by atoms with Gasteiger partial charge in [-0.25, -0.2) is 0 Å². The van der Waals surface area contributed by atoms with Crippen LogP contribution in [0, 0.1) is 5.41 Å². The molecule has 0 rings (SSSR count). The molecule has 0 radical (unpaired) electrons. The van der Waals surface area contributed by atoms with Gasteiger partial charge in [-0.15, -0.1) is 0 Å². The van der Waals surface area contributed by atoms with E-state index < -0.39 is 23.3 Å². The standard InChI is InChI=1S/C10H19N3O3/c1-6(8(11)15)13-7(14)5-12-9(16)10(2,3)4/h6H,5H2,1-4H3,(H2,11,15)(H,12,16)(H,13,14)/t6-/m1/s1. The summed E-state index contributed by atoms with van der Waals surface area (Å²) < 4.78 is 0. The normalized spacial score (nSPS) is 12.8. The van der Waals surface area contributed by atoms with E-state index in [0.717, 1.165) is 0 Å². The number of primary amides is 1. The van der Waals surface area contributed by atoms with Gasteiger partial charge in [-0.2, -0.15) is 0 Å². The van der Waals surface area contributed by atoms with Crippen LogP contribution in [0.15, 0.2) is 0 Å². The summed E-state index contributed by atoms with van der Waals surface area (Å²) in [5.74, 6) is -1.28. The van der Waals surface area contributed by atoms with Gasteiger partial charge in [0.1, 0.15) is 6.04 Å². The first-order valence-electron chi connectivity index (χ1n) is 5.01. The third kappa shape index (κ3) is 5.33. The molecule has 0 saturated carbocycles. The molecule has 0 fully saturated rings. The molecule has 0 unspecified atom stereocenters. The zero-order chi connectivity index (χ0) is 12.9. The fourth-order valence-corrected chi connectivity index (χ4v) is 0.789. The summed E-state index contributed by atoms with van der Waals surface area (Å²) in [6.07, 6.45) is 0. The highest BCUT2D eigenvalue weighted by Gasteiger charge is 2.21. The van der Waals surface area contributed by atoms with Crippen LogP contribution in [0.3, 0.4) is 0 Å². The number of amides is 3. The Morgan fingerprint density at radius 1 is 1.25 bits per heavy atom. The Labute approximate surface area is 94.9 Å². The molecule has 0 aliphatic rings. The van der Waals surface area contributed by atoms with Crippen molar-refractivity contribution >= 4 is 17.7 Å². The van der Waals surface area contributed by atoms with Crippen molar-refractivity contribution < 1.29 is 14.4 Å². The van der Waals surface area contributed by atoms with Crippen LogP contribution in [0.5, 0.6) is 0 Å². The van der Waals surface area contributed by atoms with Crippen LogP contribution in [0.25, 0.3) is 0 Å². The van der Waals surface area contributed by atoms with Crippen LogP contribution in [-0.4, -0.2) is 30.3 Å². The Bertz CT molecular complexity index is 294. The molecule has 0 aromatic rings. The number of nitrogens with one attached hydrogen (secondary N) is 2. The lowest BCUT2D eigenvalue weighted by Crippen LogP contribution is -2.47. The average Bonchev–Trinajstić information content (AvgIpc) is 2.12. The molecule has 0 aliphatic heterocycles. The van der Waals surface area contributed by atoms with E-state index in [1.54, 1.807) is 20.8 Å². The van der Waals surface area contributed by atoms with E-state index in [1.165, 1.54) is 6.92 Å². The number of carbonyl (C=O) groups is 3. The zero-order valence-corrected chi connectivity index (χ0v) is 10.1. The van der Waals surface area contributed by atoms with Gasteiger partial charge in [0.05, 0.1) is 6.54 Å². The first kappa shape index (κ1) is 14.4. The highest BCUT2D eigenvalue weighted by Crippen LogP contribution is 2.11. The van der Waals surface area contributed by atoms with Crippen LogP contribution < -0.4 is 16.4 Å². The SMILES string of the molecule is C[C@@H](NC(=O)CNC(=O)C(C)(C)C)C(N)=O. The van der Waals surface area contributed by atoms with Gasteiger partial charge in [0.25, 0.3) is 0 Å². The van der Waals surface area contributed by atoms with Gasteiger partial charge in [-0.3, -0.25) is 14.4 Å². The summed E-state index contributed by atoms with van der Waals surface area (Å²) in [6, 6.07) is -0.737. The Balaban J connectivity index is 4.01. The van der Waals surface area contributed by atoms with Crippen molar-refractivity contribution in [3.05, 3.63) is 0 Å². The summed E-state index contributed by atoms with van der Waals surface area (Å²) in [7, 11) is 0. The molecule has 0 heterocycles. The molecule has 0 aliphatic carbocycles. The van der Waals surface area contributed by atoms with Crippen molar-refractivity contribution in [3.63, 3.8) is 0 Å². The van der Waals surface area contributed by atoms with Gasteiger partial charge in [-0.1, -0.05) is 20.8 Å². The van der Waals surface area contributed by atoms with E-state index >= 15 is 0 Å². The number of carbonyl (C=O) groups excluding carboxylic acids is 3. The predicted molar refractivity (Wildman–Crippen MR) is 59.3 cm³/mol. The van der Waals surface area contributed by atoms with Gasteiger partial charge < -0.3 is 16.4 Å². The molecule has 0 saturated heterocycles. The topological polar surface area (TPSA) is 101 Å². The highest BCUT2D eigenvalue weighted by molar-refractivity contribution is 5.90. The monoisotopic (exact) mass is 229 g/mol. The van der Waals surface area contributed by atoms with Gasteiger partial charge in [0.15, 0.2) is 0 Å². The molecule has 16 heavy (non-hydrogen) atoms. The average molecular weight is 229 g/mol. The Morgan fingerprint density at radius 2 is 1.75 bits per heavy atom. The summed E-state index contributed by atoms with van der Waals surface area (Å²) in [5.41, 5.74) is 4.42. The van der Waals surface area contributed by atoms with Gasteiger partial charge in [0, 0.05) is 5.41 Å². The summed E-state index contributed by atoms with van der Waals surface area (Å²) in [4.78, 5) is 33.3. The lowest BCUT2D eigenvalue weighted by molar-refractivity contribution is -0.131. The van der Waals surface area contributed by atoms with Gasteiger partial charge in [0.2, 0.25) is 17.7 Å². The van der Waals surface area contributed by atoms with Crippen molar-refractivity contribution in [2.75, 3.05) is 6.54 Å². The molecule has 0 aromatic heterocycles. The van der Waals surface area contributed by atoms with E-state index in [-0.39, 0.29) is 12.5 Å². The zero-order valence-electron chi connectivity index (χ0n) is 10.1. The second-order valence-corrected chi connectivity index (χ2v) is 4.62. The molecule has 0 spiro atoms. The predicted octanol–water partition coefficient (Wildman–Crippen LogP) is -0.861. The Morgan fingerprint density at radius 3 is 2.12 bits per heavy atom. The van der Waals surface area contributed by atoms with Crippen LogP contribution in [0.4, 0.5) is 0 Å². The molecule has 6 heteroatoms. The maximum atomic E-state index is 11.4. The van der Waals surface area contributed by atoms with Crippen LogP contribution in [0.2, 0.25) is 0 Å². The fraction of sp³-hybridized carbons (Fsp3) is 0.700. The second kappa shape index (κ2) is 5.48. The molecule has 3 amide bonds. The third-order valence-corrected chi connectivity index (χ3v) is 1.89. The molecular formula is C10H19N3O3. The number of hydrogen-bond donors (Lipinski definition) is 3. The second-order valence-electron chi connectivity index (χ2n) is 4.62. The molecule has 1 atom stereocenters. The lowest BCUT2D eigenvalue weighted by Gasteiger charge is -2.17. The molecule has 92 valence electrons. The van der Waals surface area contributed by atoms with E-state index in [0.29, 0.717) is 0 Å². The van der Waals surface area contributed by atoms with Gasteiger partial charge in [-0.05, 0) is 6.92 Å². The minimum absolute atomic E-state index is 0.159. The molecular weight excluding hydrogens is 210 g/mol. The first-order valence-corrected chi connectivity index (χ1v) is 5.01. The van der Waals surface area contributed by atoms with E-state index in [4.69, 9.17) is 5.73 Å². The molecule has 6 nitrogen and oxygen atoms in total. The first-order chi connectivity index (χ1) is 7.14.